The fraction of sp³-hybridized carbons (Fsp3) is 0.469. The van der Waals surface area contributed by atoms with E-state index in [4.69, 9.17) is 9.47 Å². The number of nitriles is 1. The van der Waals surface area contributed by atoms with Crippen LogP contribution in [0.15, 0.2) is 55.1 Å². The van der Waals surface area contributed by atoms with E-state index in [9.17, 15) is 10.1 Å². The molecule has 2 fully saturated rings. The number of nitrogens with zero attached hydrogens (tertiary/aromatic N) is 5. The van der Waals surface area contributed by atoms with Gasteiger partial charge in [-0.3, -0.25) is 9.69 Å². The van der Waals surface area contributed by atoms with E-state index >= 15 is 0 Å². The average molecular weight is 542 g/mol. The van der Waals surface area contributed by atoms with Gasteiger partial charge >= 0.3 is 0 Å². The van der Waals surface area contributed by atoms with Crippen molar-refractivity contribution >= 4 is 5.91 Å². The summed E-state index contributed by atoms with van der Waals surface area (Å²) < 4.78 is 14.0. The molecular formula is C32H39N5O3. The zero-order valence-corrected chi connectivity index (χ0v) is 23.6. The monoisotopic (exact) mass is 541 g/mol. The highest BCUT2D eigenvalue weighted by molar-refractivity contribution is 5.88. The van der Waals surface area contributed by atoms with Crippen molar-refractivity contribution in [2.45, 2.75) is 51.0 Å². The zero-order valence-electron chi connectivity index (χ0n) is 23.6. The van der Waals surface area contributed by atoms with Gasteiger partial charge in [-0.15, -0.1) is 0 Å². The Morgan fingerprint density at radius 1 is 1.12 bits per heavy atom. The van der Waals surface area contributed by atoms with Gasteiger partial charge in [-0.25, -0.2) is 4.98 Å². The van der Waals surface area contributed by atoms with E-state index in [0.29, 0.717) is 23.6 Å². The molecule has 2 aromatic carbocycles. The van der Waals surface area contributed by atoms with Crippen molar-refractivity contribution in [3.63, 3.8) is 0 Å². The maximum Gasteiger partial charge on any atom is 0.232 e. The summed E-state index contributed by atoms with van der Waals surface area (Å²) in [5.41, 5.74) is 3.16. The molecule has 1 aromatic heterocycles. The standard InChI is InChI=1S/C32H39N5O3/c1-3-32(10-4-5-12-35(2)31(32)38)28-7-6-8-29(21-28)40-30-20-27(23-37-14-11-34-24-37)25(19-26(30)22-33)9-13-36-15-17-39-18-16-36/h6-8,11,14,19-21,24H,3-5,9-10,12-13,15-18,23H2,1-2H3/t32-/m1/s1. The molecule has 2 saturated heterocycles. The summed E-state index contributed by atoms with van der Waals surface area (Å²) in [5.74, 6) is 1.34. The van der Waals surface area contributed by atoms with Gasteiger partial charge in [0, 0.05) is 52.2 Å². The molecule has 5 rings (SSSR count). The molecule has 210 valence electrons. The first-order valence-corrected chi connectivity index (χ1v) is 14.4. The molecule has 0 bridgehead atoms. The third-order valence-electron chi connectivity index (χ3n) is 8.46. The highest BCUT2D eigenvalue weighted by Crippen LogP contribution is 2.39. The zero-order chi connectivity index (χ0) is 28.0. The number of likely N-dealkylation sites (N-methyl/N-ethyl adjacent to an activating group) is 1. The van der Waals surface area contributed by atoms with Crippen molar-refractivity contribution in [2.24, 2.45) is 0 Å². The van der Waals surface area contributed by atoms with Gasteiger partial charge in [0.1, 0.15) is 17.6 Å². The number of likely N-dealkylation sites (tertiary alicyclic amines) is 1. The summed E-state index contributed by atoms with van der Waals surface area (Å²) in [7, 11) is 1.90. The summed E-state index contributed by atoms with van der Waals surface area (Å²) in [6.45, 7) is 7.82. The Hall–Kier alpha value is -3.67. The highest BCUT2D eigenvalue weighted by Gasteiger charge is 2.41. The first kappa shape index (κ1) is 27.9. The Bertz CT molecular complexity index is 1340. The average Bonchev–Trinajstić information content (AvgIpc) is 3.45. The van der Waals surface area contributed by atoms with Crippen LogP contribution in [0.3, 0.4) is 0 Å². The van der Waals surface area contributed by atoms with Crippen LogP contribution in [-0.2, 0) is 27.9 Å². The number of imidazole rings is 1. The number of aromatic nitrogens is 2. The van der Waals surface area contributed by atoms with Crippen LogP contribution >= 0.6 is 0 Å². The van der Waals surface area contributed by atoms with Gasteiger partial charge in [0.15, 0.2) is 0 Å². The molecule has 3 heterocycles. The maximum absolute atomic E-state index is 13.5. The molecule has 2 aliphatic rings. The smallest absolute Gasteiger partial charge is 0.232 e. The molecule has 1 amide bonds. The molecular weight excluding hydrogens is 502 g/mol. The maximum atomic E-state index is 13.5. The number of benzene rings is 2. The van der Waals surface area contributed by atoms with Crippen molar-refractivity contribution in [3.8, 4) is 17.6 Å². The highest BCUT2D eigenvalue weighted by atomic mass is 16.5. The lowest BCUT2D eigenvalue weighted by atomic mass is 9.73. The lowest BCUT2D eigenvalue weighted by Crippen LogP contribution is -2.43. The van der Waals surface area contributed by atoms with E-state index in [-0.39, 0.29) is 5.91 Å². The van der Waals surface area contributed by atoms with E-state index in [0.717, 1.165) is 88.2 Å². The summed E-state index contributed by atoms with van der Waals surface area (Å²) in [4.78, 5) is 22.0. The van der Waals surface area contributed by atoms with E-state index in [2.05, 4.69) is 22.9 Å². The third-order valence-corrected chi connectivity index (χ3v) is 8.46. The number of hydrogen-bond donors (Lipinski definition) is 0. The molecule has 8 nitrogen and oxygen atoms in total. The number of morpholine rings is 1. The lowest BCUT2D eigenvalue weighted by Gasteiger charge is -2.33. The van der Waals surface area contributed by atoms with E-state index in [1.165, 1.54) is 0 Å². The fourth-order valence-electron chi connectivity index (χ4n) is 6.03. The minimum atomic E-state index is -0.557. The summed E-state index contributed by atoms with van der Waals surface area (Å²) in [6, 6.07) is 14.2. The first-order chi connectivity index (χ1) is 19.5. The number of ether oxygens (including phenoxy) is 2. The molecule has 0 aliphatic carbocycles. The summed E-state index contributed by atoms with van der Waals surface area (Å²) >= 11 is 0. The quantitative estimate of drug-likeness (QED) is 0.388. The predicted octanol–water partition coefficient (Wildman–Crippen LogP) is 4.76. The molecule has 0 spiro atoms. The van der Waals surface area contributed by atoms with Gasteiger partial charge in [0.2, 0.25) is 5.91 Å². The number of hydrogen-bond acceptors (Lipinski definition) is 6. The van der Waals surface area contributed by atoms with Crippen LogP contribution in [0.5, 0.6) is 11.5 Å². The largest absolute Gasteiger partial charge is 0.456 e. The van der Waals surface area contributed by atoms with Gasteiger partial charge in [0.25, 0.3) is 0 Å². The van der Waals surface area contributed by atoms with Crippen LogP contribution in [0.25, 0.3) is 0 Å². The summed E-state index contributed by atoms with van der Waals surface area (Å²) in [6.07, 6.45) is 9.94. The van der Waals surface area contributed by atoms with Crippen molar-refractivity contribution in [3.05, 3.63) is 77.4 Å². The van der Waals surface area contributed by atoms with Crippen LogP contribution < -0.4 is 4.74 Å². The second-order valence-electron chi connectivity index (χ2n) is 10.9. The Balaban J connectivity index is 1.45. The molecule has 0 saturated carbocycles. The molecule has 0 unspecified atom stereocenters. The van der Waals surface area contributed by atoms with Gasteiger partial charge in [-0.2, -0.15) is 5.26 Å². The van der Waals surface area contributed by atoms with Crippen LogP contribution in [0.2, 0.25) is 0 Å². The molecule has 3 aromatic rings. The fourth-order valence-corrected chi connectivity index (χ4v) is 6.03. The van der Waals surface area contributed by atoms with E-state index < -0.39 is 5.41 Å². The predicted molar refractivity (Wildman–Crippen MR) is 153 cm³/mol. The van der Waals surface area contributed by atoms with E-state index in [1.54, 1.807) is 12.5 Å². The van der Waals surface area contributed by atoms with Gasteiger partial charge in [-0.1, -0.05) is 25.5 Å². The van der Waals surface area contributed by atoms with Crippen molar-refractivity contribution in [1.82, 2.24) is 19.4 Å². The number of amides is 1. The van der Waals surface area contributed by atoms with Gasteiger partial charge in [0.05, 0.1) is 30.5 Å². The summed E-state index contributed by atoms with van der Waals surface area (Å²) in [5, 5.41) is 10.1. The minimum absolute atomic E-state index is 0.176. The van der Waals surface area contributed by atoms with Gasteiger partial charge < -0.3 is 18.9 Å². The number of rotatable bonds is 9. The molecule has 0 N–H and O–H groups in total. The van der Waals surface area contributed by atoms with Gasteiger partial charge in [-0.05, 0) is 66.6 Å². The van der Waals surface area contributed by atoms with E-state index in [1.807, 2.05) is 59.1 Å². The minimum Gasteiger partial charge on any atom is -0.456 e. The third kappa shape index (κ3) is 6.06. The van der Waals surface area contributed by atoms with Crippen molar-refractivity contribution < 1.29 is 14.3 Å². The van der Waals surface area contributed by atoms with Crippen LogP contribution in [-0.4, -0.2) is 71.7 Å². The second-order valence-corrected chi connectivity index (χ2v) is 10.9. The van der Waals surface area contributed by atoms with Crippen LogP contribution in [0.4, 0.5) is 0 Å². The Kier molecular flexibility index (Phi) is 8.83. The number of carbonyl (C=O) groups is 1. The number of carbonyl (C=O) groups excluding carboxylic acids is 1. The molecule has 0 radical (unpaired) electrons. The second kappa shape index (κ2) is 12.7. The SMILES string of the molecule is CC[C@]1(c2cccc(Oc3cc(Cn4ccnc4)c(CCN4CCOCC4)cc3C#N)c2)CCCCN(C)C1=O. The van der Waals surface area contributed by atoms with Crippen molar-refractivity contribution in [1.29, 1.82) is 5.26 Å². The van der Waals surface area contributed by atoms with Crippen LogP contribution in [0, 0.1) is 11.3 Å². The molecule has 40 heavy (non-hydrogen) atoms. The normalized spacial score (nSPS) is 20.2. The lowest BCUT2D eigenvalue weighted by molar-refractivity contribution is -0.135. The molecule has 8 heteroatoms. The first-order valence-electron chi connectivity index (χ1n) is 14.4. The Morgan fingerprint density at radius 3 is 2.73 bits per heavy atom. The van der Waals surface area contributed by atoms with Crippen LogP contribution in [0.1, 0.15) is 54.9 Å². The Morgan fingerprint density at radius 2 is 1.98 bits per heavy atom. The van der Waals surface area contributed by atoms with Crippen molar-refractivity contribution in [2.75, 3.05) is 46.4 Å². The topological polar surface area (TPSA) is 83.6 Å². The molecule has 2 aliphatic heterocycles. The Labute approximate surface area is 237 Å². The molecule has 1 atom stereocenters.